The second-order valence-corrected chi connectivity index (χ2v) is 3.02. The maximum absolute atomic E-state index is 5.11. The van der Waals surface area contributed by atoms with Crippen molar-refractivity contribution in [1.29, 1.82) is 0 Å². The van der Waals surface area contributed by atoms with E-state index in [1.807, 2.05) is 12.4 Å². The quantitative estimate of drug-likeness (QED) is 0.573. The van der Waals surface area contributed by atoms with Crippen LogP contribution in [0, 0.1) is 0 Å². The van der Waals surface area contributed by atoms with E-state index >= 15 is 0 Å². The van der Waals surface area contributed by atoms with E-state index in [-0.39, 0.29) is 0 Å². The maximum atomic E-state index is 5.11. The summed E-state index contributed by atoms with van der Waals surface area (Å²) in [6, 6.07) is 0. The second-order valence-electron chi connectivity index (χ2n) is 3.02. The number of hydrogen-bond donors (Lipinski definition) is 0. The molecule has 12 heavy (non-hydrogen) atoms. The number of nitrogens with zero attached hydrogens (tertiary/aromatic N) is 1. The fourth-order valence-electron chi connectivity index (χ4n) is 1.22. The van der Waals surface area contributed by atoms with E-state index in [4.69, 9.17) is 4.84 Å². The first-order valence-electron chi connectivity index (χ1n) is 4.29. The summed E-state index contributed by atoms with van der Waals surface area (Å²) >= 11 is 0. The van der Waals surface area contributed by atoms with Crippen LogP contribution < -0.4 is 0 Å². The molecule has 0 aromatic heterocycles. The summed E-state index contributed by atoms with van der Waals surface area (Å²) in [6.07, 6.45) is 8.22. The Labute approximate surface area is 73.8 Å². The molecule has 0 unspecified atom stereocenters. The van der Waals surface area contributed by atoms with Gasteiger partial charge in [-0.25, -0.2) is 0 Å². The number of hydroxylamine groups is 1. The molecule has 0 spiro atoms. The third-order valence-corrected chi connectivity index (χ3v) is 1.99. The Bertz CT molecular complexity index is 249. The first-order chi connectivity index (χ1) is 5.76. The molecule has 1 aliphatic rings. The van der Waals surface area contributed by atoms with E-state index in [2.05, 4.69) is 19.9 Å². The smallest absolute Gasteiger partial charge is 0.222 e. The van der Waals surface area contributed by atoms with Crippen molar-refractivity contribution in [2.75, 3.05) is 7.11 Å². The van der Waals surface area contributed by atoms with Gasteiger partial charge in [0.2, 0.25) is 12.4 Å². The van der Waals surface area contributed by atoms with E-state index in [1.54, 1.807) is 11.8 Å². The average Bonchev–Trinajstić information content (AvgIpc) is 2.26. The zero-order valence-electron chi connectivity index (χ0n) is 8.00. The lowest BCUT2D eigenvalue weighted by Gasteiger charge is -1.98. The van der Waals surface area contributed by atoms with Crippen LogP contribution in [-0.4, -0.2) is 18.1 Å². The van der Waals surface area contributed by atoms with Crippen molar-refractivity contribution < 1.29 is 9.58 Å². The molecule has 0 atom stereocenters. The molecule has 1 heterocycles. The van der Waals surface area contributed by atoms with Crippen LogP contribution >= 0.6 is 0 Å². The van der Waals surface area contributed by atoms with Crippen molar-refractivity contribution in [2.24, 2.45) is 0 Å². The molecule has 1 rings (SSSR count). The highest BCUT2D eigenvalue weighted by Gasteiger charge is 2.07. The zero-order chi connectivity index (χ0) is 8.97. The van der Waals surface area contributed by atoms with Crippen LogP contribution in [0.1, 0.15) is 26.7 Å². The highest BCUT2D eigenvalue weighted by atomic mass is 16.6. The molecule has 66 valence electrons. The van der Waals surface area contributed by atoms with Crippen molar-refractivity contribution in [3.63, 3.8) is 0 Å². The Hall–Kier alpha value is -1.05. The fourth-order valence-corrected chi connectivity index (χ4v) is 1.22. The minimum absolute atomic E-state index is 1.06. The van der Waals surface area contributed by atoms with Crippen LogP contribution in [0.3, 0.4) is 0 Å². The van der Waals surface area contributed by atoms with Crippen LogP contribution in [0.25, 0.3) is 0 Å². The zero-order valence-corrected chi connectivity index (χ0v) is 8.00. The second kappa shape index (κ2) is 4.10. The van der Waals surface area contributed by atoms with E-state index in [1.165, 1.54) is 11.1 Å². The molecule has 0 aromatic rings. The van der Waals surface area contributed by atoms with Gasteiger partial charge in [-0.1, -0.05) is 12.5 Å². The predicted octanol–water partition coefficient (Wildman–Crippen LogP) is 2.28. The topological polar surface area (TPSA) is 12.2 Å². The molecule has 0 amide bonds. The van der Waals surface area contributed by atoms with Gasteiger partial charge in [0.05, 0.1) is 0 Å². The Morgan fingerprint density at radius 3 is 2.92 bits per heavy atom. The lowest BCUT2D eigenvalue weighted by Crippen LogP contribution is -2.02. The van der Waals surface area contributed by atoms with Gasteiger partial charge < -0.3 is 0 Å². The molecule has 1 aliphatic heterocycles. The molecule has 0 fully saturated rings. The highest BCUT2D eigenvalue weighted by molar-refractivity contribution is 5.67. The minimum atomic E-state index is 1.06. The van der Waals surface area contributed by atoms with Gasteiger partial charge in [0, 0.05) is 16.4 Å². The largest absolute Gasteiger partial charge is 0.275 e. The van der Waals surface area contributed by atoms with E-state index in [0.29, 0.717) is 0 Å². The molecule has 2 heteroatoms. The number of hydrogen-bond acceptors (Lipinski definition) is 1. The van der Waals surface area contributed by atoms with Crippen molar-refractivity contribution >= 4 is 6.21 Å². The Kier molecular flexibility index (Phi) is 3.09. The van der Waals surface area contributed by atoms with Gasteiger partial charge in [-0.15, -0.1) is 0 Å². The van der Waals surface area contributed by atoms with Gasteiger partial charge in [0.25, 0.3) is 0 Å². The van der Waals surface area contributed by atoms with E-state index in [0.717, 1.165) is 12.8 Å². The minimum Gasteiger partial charge on any atom is -0.275 e. The predicted molar refractivity (Wildman–Crippen MR) is 50.1 cm³/mol. The van der Waals surface area contributed by atoms with Crippen LogP contribution in [0.4, 0.5) is 0 Å². The van der Waals surface area contributed by atoms with Crippen LogP contribution in [-0.2, 0) is 4.84 Å². The average molecular weight is 166 g/mol. The van der Waals surface area contributed by atoms with Crippen molar-refractivity contribution in [1.82, 2.24) is 0 Å². The fraction of sp³-hybridized carbons (Fsp3) is 0.500. The van der Waals surface area contributed by atoms with Crippen LogP contribution in [0.5, 0.6) is 0 Å². The molecule has 0 saturated heterocycles. The first-order valence-corrected chi connectivity index (χ1v) is 4.29. The van der Waals surface area contributed by atoms with E-state index in [9.17, 15) is 0 Å². The third kappa shape index (κ3) is 2.22. The van der Waals surface area contributed by atoms with Crippen molar-refractivity contribution in [3.8, 4) is 0 Å². The molecular formula is C10H16NO+. The van der Waals surface area contributed by atoms with Crippen LogP contribution in [0.15, 0.2) is 23.4 Å². The van der Waals surface area contributed by atoms with Crippen molar-refractivity contribution in [2.45, 2.75) is 26.7 Å². The summed E-state index contributed by atoms with van der Waals surface area (Å²) in [7, 11) is 1.68. The summed E-state index contributed by atoms with van der Waals surface area (Å²) in [5, 5.41) is 0. The molecule has 0 bridgehead atoms. The summed E-state index contributed by atoms with van der Waals surface area (Å²) < 4.78 is 1.75. The van der Waals surface area contributed by atoms with Crippen LogP contribution in [0.2, 0.25) is 0 Å². The monoisotopic (exact) mass is 166 g/mol. The molecule has 2 nitrogen and oxygen atoms in total. The number of allylic oxidation sites excluding steroid dienone is 3. The molecule has 0 aromatic carbocycles. The highest BCUT2D eigenvalue weighted by Crippen LogP contribution is 2.15. The molecule has 0 radical (unpaired) electrons. The van der Waals surface area contributed by atoms with Crippen molar-refractivity contribution in [3.05, 3.63) is 23.4 Å². The lowest BCUT2D eigenvalue weighted by molar-refractivity contribution is -0.729. The number of rotatable bonds is 2. The summed E-state index contributed by atoms with van der Waals surface area (Å²) in [5.41, 5.74) is 2.78. The summed E-state index contributed by atoms with van der Waals surface area (Å²) in [6.45, 7) is 4.30. The van der Waals surface area contributed by atoms with Gasteiger partial charge in [-0.3, -0.25) is 4.84 Å². The summed E-state index contributed by atoms with van der Waals surface area (Å²) in [5.74, 6) is 0. The molecule has 0 saturated carbocycles. The normalized spacial score (nSPS) is 17.4. The third-order valence-electron chi connectivity index (χ3n) is 1.99. The van der Waals surface area contributed by atoms with Gasteiger partial charge in [-0.05, 0) is 19.8 Å². The summed E-state index contributed by atoms with van der Waals surface area (Å²) in [4.78, 5) is 5.11. The Morgan fingerprint density at radius 2 is 2.33 bits per heavy atom. The van der Waals surface area contributed by atoms with Gasteiger partial charge in [-0.2, -0.15) is 0 Å². The Balaban J connectivity index is 2.87. The lowest BCUT2D eigenvalue weighted by atomic mass is 10.1. The van der Waals surface area contributed by atoms with Gasteiger partial charge in [0.1, 0.15) is 7.11 Å². The molecular weight excluding hydrogens is 150 g/mol. The van der Waals surface area contributed by atoms with Gasteiger partial charge >= 0.3 is 0 Å². The molecule has 0 N–H and O–H groups in total. The SMILES string of the molecule is CCC1=C[N+](OC)=CC=C(C)C1. The molecule has 0 aliphatic carbocycles. The van der Waals surface area contributed by atoms with Gasteiger partial charge in [0.15, 0.2) is 0 Å². The Morgan fingerprint density at radius 1 is 1.58 bits per heavy atom. The van der Waals surface area contributed by atoms with E-state index < -0.39 is 0 Å². The standard InChI is InChI=1S/C10H16NO/c1-4-10-7-9(2)5-6-11(8-10)12-3/h5-6,8H,4,7H2,1-3H3/q+1. The first kappa shape index (κ1) is 9.04. The maximum Gasteiger partial charge on any atom is 0.222 e.